The number of amides is 2. The van der Waals surface area contributed by atoms with Crippen molar-refractivity contribution in [2.24, 2.45) is 0 Å². The molecule has 2 aromatic carbocycles. The third kappa shape index (κ3) is 4.46. The Hall–Kier alpha value is -2.94. The first-order chi connectivity index (χ1) is 15.6. The minimum Gasteiger partial charge on any atom is -0.393 e. The van der Waals surface area contributed by atoms with Gasteiger partial charge in [-0.15, -0.1) is 0 Å². The molecule has 2 heterocycles. The largest absolute Gasteiger partial charge is 0.393 e. The van der Waals surface area contributed by atoms with Crippen LogP contribution in [0.5, 0.6) is 0 Å². The van der Waals surface area contributed by atoms with Gasteiger partial charge in [0, 0.05) is 23.3 Å². The van der Waals surface area contributed by atoms with E-state index < -0.39 is 53.1 Å². The van der Waals surface area contributed by atoms with E-state index in [4.69, 9.17) is 0 Å². The molecule has 2 saturated heterocycles. The zero-order valence-corrected chi connectivity index (χ0v) is 18.0. The van der Waals surface area contributed by atoms with E-state index in [1.807, 2.05) is 0 Å². The van der Waals surface area contributed by atoms with Gasteiger partial charge in [0.15, 0.2) is 0 Å². The number of carbonyl (C=O) groups is 2. The molecule has 33 heavy (non-hydrogen) atoms. The third-order valence-corrected chi connectivity index (χ3v) is 6.44. The lowest BCUT2D eigenvalue weighted by atomic mass is 9.82. The number of fused-ring (bicyclic) bond motifs is 2. The number of nitrogens with one attached hydrogen (secondary N) is 1. The molecule has 0 saturated carbocycles. The van der Waals surface area contributed by atoms with Crippen LogP contribution in [0.25, 0.3) is 0 Å². The van der Waals surface area contributed by atoms with Crippen molar-refractivity contribution < 1.29 is 32.3 Å². The standard InChI is InChI=1S/C24H24F4N2O3/c1-13-9-15(6-8-20(13)25)29-22(32)14-5-7-21(26)19(10-14)24(27,28)23(33)30-16-3-2-4-17(30)12-18(31)11-16/h5-10,16-18,31H,2-4,11-12H2,1H3,(H,29,32)/t16-,17+,18?. The van der Waals surface area contributed by atoms with Gasteiger partial charge < -0.3 is 15.3 Å². The Labute approximate surface area is 188 Å². The molecule has 2 aliphatic rings. The van der Waals surface area contributed by atoms with E-state index in [0.717, 1.165) is 29.5 Å². The molecule has 5 nitrogen and oxygen atoms in total. The van der Waals surface area contributed by atoms with Crippen LogP contribution in [0, 0.1) is 18.6 Å². The van der Waals surface area contributed by atoms with Gasteiger partial charge in [0.1, 0.15) is 11.6 Å². The zero-order valence-electron chi connectivity index (χ0n) is 18.0. The summed E-state index contributed by atoms with van der Waals surface area (Å²) in [5.41, 5.74) is -0.927. The number of benzene rings is 2. The van der Waals surface area contributed by atoms with E-state index in [0.29, 0.717) is 18.9 Å². The van der Waals surface area contributed by atoms with Crippen molar-refractivity contribution in [3.05, 3.63) is 64.7 Å². The smallest absolute Gasteiger partial charge is 0.352 e. The van der Waals surface area contributed by atoms with Crippen LogP contribution in [0.15, 0.2) is 36.4 Å². The lowest BCUT2D eigenvalue weighted by molar-refractivity contribution is -0.172. The van der Waals surface area contributed by atoms with Crippen molar-refractivity contribution in [3.8, 4) is 0 Å². The number of hydrogen-bond donors (Lipinski definition) is 2. The van der Waals surface area contributed by atoms with Gasteiger partial charge in [-0.05, 0) is 81.0 Å². The number of halogens is 4. The fraction of sp³-hybridized carbons (Fsp3) is 0.417. The van der Waals surface area contributed by atoms with Gasteiger partial charge in [0.25, 0.3) is 11.8 Å². The monoisotopic (exact) mass is 464 g/mol. The van der Waals surface area contributed by atoms with Crippen molar-refractivity contribution in [1.29, 1.82) is 0 Å². The number of nitrogens with zero attached hydrogens (tertiary/aromatic N) is 1. The Morgan fingerprint density at radius 3 is 2.30 bits per heavy atom. The number of aliphatic hydroxyl groups excluding tert-OH is 1. The predicted molar refractivity (Wildman–Crippen MR) is 113 cm³/mol. The number of aliphatic hydroxyl groups is 1. The summed E-state index contributed by atoms with van der Waals surface area (Å²) in [5.74, 6) is -8.28. The van der Waals surface area contributed by atoms with Crippen LogP contribution in [0.3, 0.4) is 0 Å². The normalized spacial score (nSPS) is 22.7. The predicted octanol–water partition coefficient (Wildman–Crippen LogP) is 4.52. The van der Waals surface area contributed by atoms with Gasteiger partial charge >= 0.3 is 5.92 Å². The molecule has 9 heteroatoms. The summed E-state index contributed by atoms with van der Waals surface area (Å²) in [7, 11) is 0. The van der Waals surface area contributed by atoms with Crippen LogP contribution in [0.4, 0.5) is 23.2 Å². The lowest BCUT2D eigenvalue weighted by Gasteiger charge is -2.48. The summed E-state index contributed by atoms with van der Waals surface area (Å²) in [5, 5.41) is 12.4. The van der Waals surface area contributed by atoms with Crippen LogP contribution in [-0.4, -0.2) is 40.0 Å². The average molecular weight is 464 g/mol. The van der Waals surface area contributed by atoms with Gasteiger partial charge in [-0.1, -0.05) is 0 Å². The van der Waals surface area contributed by atoms with Gasteiger partial charge in [-0.2, -0.15) is 8.78 Å². The molecular weight excluding hydrogens is 440 g/mol. The Bertz CT molecular complexity index is 1080. The fourth-order valence-electron chi connectivity index (χ4n) is 4.79. The second-order valence-electron chi connectivity index (χ2n) is 8.76. The minimum absolute atomic E-state index is 0.209. The van der Waals surface area contributed by atoms with E-state index in [-0.39, 0.29) is 29.7 Å². The SMILES string of the molecule is Cc1cc(NC(=O)c2ccc(F)c(C(F)(F)C(=O)N3[C@@H]4CCC[C@H]3CC(O)C4)c2)ccc1F. The summed E-state index contributed by atoms with van der Waals surface area (Å²) < 4.78 is 58.5. The van der Waals surface area contributed by atoms with E-state index in [1.54, 1.807) is 0 Å². The first-order valence-corrected chi connectivity index (χ1v) is 10.8. The highest BCUT2D eigenvalue weighted by Gasteiger charge is 2.52. The summed E-state index contributed by atoms with van der Waals surface area (Å²) in [4.78, 5) is 26.6. The van der Waals surface area contributed by atoms with E-state index in [2.05, 4.69) is 5.32 Å². The van der Waals surface area contributed by atoms with Crippen molar-refractivity contribution >= 4 is 17.5 Å². The van der Waals surface area contributed by atoms with Crippen LogP contribution in [0.1, 0.15) is 53.6 Å². The number of aryl methyl sites for hydroxylation is 1. The average Bonchev–Trinajstić information content (AvgIpc) is 2.75. The maximum atomic E-state index is 15.3. The molecule has 2 bridgehead atoms. The van der Waals surface area contributed by atoms with Crippen LogP contribution >= 0.6 is 0 Å². The van der Waals surface area contributed by atoms with Gasteiger partial charge in [-0.3, -0.25) is 9.59 Å². The maximum Gasteiger partial charge on any atom is 0.352 e. The lowest BCUT2D eigenvalue weighted by Crippen LogP contribution is -2.59. The number of rotatable bonds is 4. The number of alkyl halides is 2. The third-order valence-electron chi connectivity index (χ3n) is 6.44. The molecule has 2 amide bonds. The molecule has 3 atom stereocenters. The molecule has 0 radical (unpaired) electrons. The fourth-order valence-corrected chi connectivity index (χ4v) is 4.79. The van der Waals surface area contributed by atoms with Crippen LogP contribution in [-0.2, 0) is 10.7 Å². The number of anilines is 1. The van der Waals surface area contributed by atoms with Crippen molar-refractivity contribution in [1.82, 2.24) is 4.90 Å². The molecule has 2 fully saturated rings. The second-order valence-corrected chi connectivity index (χ2v) is 8.76. The quantitative estimate of drug-likeness (QED) is 0.654. The number of piperidine rings is 2. The highest BCUT2D eigenvalue weighted by Crippen LogP contribution is 2.40. The number of hydrogen-bond acceptors (Lipinski definition) is 3. The van der Waals surface area contributed by atoms with E-state index in [9.17, 15) is 23.5 Å². The second kappa shape index (κ2) is 8.78. The Morgan fingerprint density at radius 2 is 1.67 bits per heavy atom. The molecule has 2 aliphatic heterocycles. The molecule has 2 aromatic rings. The van der Waals surface area contributed by atoms with Gasteiger partial charge in [0.2, 0.25) is 0 Å². The van der Waals surface area contributed by atoms with Crippen LogP contribution < -0.4 is 5.32 Å². The molecule has 0 aliphatic carbocycles. The van der Waals surface area contributed by atoms with Crippen molar-refractivity contribution in [3.63, 3.8) is 0 Å². The Morgan fingerprint density at radius 1 is 1.03 bits per heavy atom. The molecule has 1 unspecified atom stereocenters. The van der Waals surface area contributed by atoms with Gasteiger partial charge in [-0.25, -0.2) is 8.78 Å². The molecule has 176 valence electrons. The summed E-state index contributed by atoms with van der Waals surface area (Å²) in [6.07, 6.45) is 1.52. The Balaban J connectivity index is 1.60. The molecular formula is C24H24F4N2O3. The van der Waals surface area contributed by atoms with E-state index in [1.165, 1.54) is 19.1 Å². The highest BCUT2D eigenvalue weighted by molar-refractivity contribution is 6.04. The minimum atomic E-state index is -4.19. The first-order valence-electron chi connectivity index (χ1n) is 10.8. The number of carbonyl (C=O) groups excluding carboxylic acids is 2. The van der Waals surface area contributed by atoms with Crippen LogP contribution in [0.2, 0.25) is 0 Å². The summed E-state index contributed by atoms with van der Waals surface area (Å²) in [6.45, 7) is 1.50. The summed E-state index contributed by atoms with van der Waals surface area (Å²) >= 11 is 0. The van der Waals surface area contributed by atoms with Gasteiger partial charge in [0.05, 0.1) is 11.7 Å². The molecule has 2 N–H and O–H groups in total. The Kier molecular flexibility index (Phi) is 6.18. The van der Waals surface area contributed by atoms with Crippen molar-refractivity contribution in [2.75, 3.05) is 5.32 Å². The highest BCUT2D eigenvalue weighted by atomic mass is 19.3. The molecule has 4 rings (SSSR count). The van der Waals surface area contributed by atoms with Crippen molar-refractivity contribution in [2.45, 2.75) is 63.1 Å². The molecule has 0 aromatic heterocycles. The molecule has 0 spiro atoms. The topological polar surface area (TPSA) is 69.6 Å². The first kappa shape index (κ1) is 23.2. The summed E-state index contributed by atoms with van der Waals surface area (Å²) in [6, 6.07) is 5.22. The maximum absolute atomic E-state index is 15.3. The van der Waals surface area contributed by atoms with E-state index >= 15 is 8.78 Å². The zero-order chi connectivity index (χ0) is 23.9.